The first-order valence-electron chi connectivity index (χ1n) is 4.08. The first-order chi connectivity index (χ1) is 7.24. The molecular weight excluding hydrogens is 328 g/mol. The Kier molecular flexibility index (Phi) is 3.01. The Morgan fingerprint density at radius 1 is 1.47 bits per heavy atom. The summed E-state index contributed by atoms with van der Waals surface area (Å²) in [6, 6.07) is 5.56. The lowest BCUT2D eigenvalue weighted by Gasteiger charge is -2.06. The molecule has 0 aliphatic rings. The van der Waals surface area contributed by atoms with Crippen LogP contribution in [-0.4, -0.2) is 20.2 Å². The quantitative estimate of drug-likeness (QED) is 0.849. The molecule has 0 aliphatic heterocycles. The largest absolute Gasteiger partial charge is 0.365 e. The standard InChI is InChI=1S/C8H6Br2N4O/c9-4-5-6(10)2-1-3-7(5)14-8(15)11-12-13-14/h1-3H,4H2,(H,11,13,15). The molecular formula is C8H6Br2N4O. The van der Waals surface area contributed by atoms with Crippen LogP contribution in [0.3, 0.4) is 0 Å². The molecule has 0 amide bonds. The van der Waals surface area contributed by atoms with Crippen LogP contribution in [0.15, 0.2) is 27.5 Å². The van der Waals surface area contributed by atoms with Crippen molar-refractivity contribution in [3.63, 3.8) is 0 Å². The van der Waals surface area contributed by atoms with Crippen molar-refractivity contribution in [3.8, 4) is 5.69 Å². The van der Waals surface area contributed by atoms with Gasteiger partial charge in [0.2, 0.25) is 0 Å². The van der Waals surface area contributed by atoms with Crippen LogP contribution in [0.5, 0.6) is 0 Å². The average Bonchev–Trinajstić information content (AvgIpc) is 2.64. The van der Waals surface area contributed by atoms with E-state index >= 15 is 0 Å². The second-order valence-corrected chi connectivity index (χ2v) is 4.20. The number of benzene rings is 1. The molecule has 0 radical (unpaired) electrons. The van der Waals surface area contributed by atoms with E-state index in [0.717, 1.165) is 10.0 Å². The van der Waals surface area contributed by atoms with Crippen molar-refractivity contribution >= 4 is 31.9 Å². The molecule has 0 saturated heterocycles. The molecule has 1 N–H and O–H groups in total. The topological polar surface area (TPSA) is 63.6 Å². The number of hydrogen-bond donors (Lipinski definition) is 1. The van der Waals surface area contributed by atoms with Gasteiger partial charge >= 0.3 is 5.69 Å². The van der Waals surface area contributed by atoms with Crippen LogP contribution in [0.2, 0.25) is 0 Å². The van der Waals surface area contributed by atoms with Crippen LogP contribution in [0.1, 0.15) is 5.56 Å². The number of aromatic nitrogens is 4. The minimum Gasteiger partial charge on any atom is -0.244 e. The highest BCUT2D eigenvalue weighted by atomic mass is 79.9. The van der Waals surface area contributed by atoms with Crippen molar-refractivity contribution in [2.45, 2.75) is 5.33 Å². The zero-order valence-corrected chi connectivity index (χ0v) is 10.6. The molecule has 1 heterocycles. The number of nitrogens with one attached hydrogen (secondary N) is 1. The summed E-state index contributed by atoms with van der Waals surface area (Å²) in [6.45, 7) is 0. The summed E-state index contributed by atoms with van der Waals surface area (Å²) in [6.07, 6.45) is 0. The van der Waals surface area contributed by atoms with Crippen LogP contribution in [-0.2, 0) is 5.33 Å². The zero-order chi connectivity index (χ0) is 10.8. The van der Waals surface area contributed by atoms with Crippen LogP contribution in [0.25, 0.3) is 5.69 Å². The van der Waals surface area contributed by atoms with E-state index in [-0.39, 0.29) is 5.69 Å². The number of halogens is 2. The van der Waals surface area contributed by atoms with E-state index < -0.39 is 0 Å². The molecule has 15 heavy (non-hydrogen) atoms. The predicted octanol–water partition coefficient (Wildman–Crippen LogP) is 1.61. The highest BCUT2D eigenvalue weighted by molar-refractivity contribution is 9.10. The summed E-state index contributed by atoms with van der Waals surface area (Å²) in [5.41, 5.74) is 1.31. The lowest BCUT2D eigenvalue weighted by molar-refractivity contribution is 0.774. The minimum atomic E-state index is -0.352. The number of aromatic amines is 1. The van der Waals surface area contributed by atoms with Gasteiger partial charge in [-0.05, 0) is 22.6 Å². The number of alkyl halides is 1. The molecule has 7 heteroatoms. The highest BCUT2D eigenvalue weighted by Gasteiger charge is 2.10. The van der Waals surface area contributed by atoms with Gasteiger partial charge in [-0.25, -0.2) is 9.89 Å². The van der Waals surface area contributed by atoms with Crippen molar-refractivity contribution in [2.75, 3.05) is 0 Å². The lowest BCUT2D eigenvalue weighted by Crippen LogP contribution is -2.17. The summed E-state index contributed by atoms with van der Waals surface area (Å²) >= 11 is 6.78. The van der Waals surface area contributed by atoms with Gasteiger partial charge in [-0.3, -0.25) is 0 Å². The van der Waals surface area contributed by atoms with Gasteiger partial charge in [0.1, 0.15) is 0 Å². The number of rotatable bonds is 2. The Bertz CT molecular complexity index is 533. The second kappa shape index (κ2) is 4.28. The molecule has 0 fully saturated rings. The monoisotopic (exact) mass is 332 g/mol. The maximum Gasteiger partial charge on any atom is 0.365 e. The van der Waals surface area contributed by atoms with Gasteiger partial charge in [0.15, 0.2) is 0 Å². The fraction of sp³-hybridized carbons (Fsp3) is 0.125. The van der Waals surface area contributed by atoms with Crippen LogP contribution < -0.4 is 5.69 Å². The molecule has 78 valence electrons. The van der Waals surface area contributed by atoms with Crippen molar-refractivity contribution in [1.29, 1.82) is 0 Å². The SMILES string of the molecule is O=c1[nH]nnn1-c1cccc(Br)c1CBr. The van der Waals surface area contributed by atoms with E-state index in [1.807, 2.05) is 18.2 Å². The summed E-state index contributed by atoms with van der Waals surface area (Å²) in [7, 11) is 0. The van der Waals surface area contributed by atoms with Crippen molar-refractivity contribution in [2.24, 2.45) is 0 Å². The van der Waals surface area contributed by atoms with E-state index in [0.29, 0.717) is 11.0 Å². The van der Waals surface area contributed by atoms with E-state index in [4.69, 9.17) is 0 Å². The third kappa shape index (κ3) is 1.89. The third-order valence-electron chi connectivity index (χ3n) is 1.93. The predicted molar refractivity (Wildman–Crippen MR) is 62.3 cm³/mol. The van der Waals surface area contributed by atoms with Gasteiger partial charge in [0.05, 0.1) is 5.69 Å². The smallest absolute Gasteiger partial charge is 0.244 e. The second-order valence-electron chi connectivity index (χ2n) is 2.79. The Labute approximate surface area is 102 Å². The van der Waals surface area contributed by atoms with Crippen LogP contribution in [0, 0.1) is 0 Å². The molecule has 0 bridgehead atoms. The van der Waals surface area contributed by atoms with Crippen molar-refractivity contribution in [1.82, 2.24) is 20.2 Å². The Morgan fingerprint density at radius 3 is 2.87 bits per heavy atom. The Morgan fingerprint density at radius 2 is 2.27 bits per heavy atom. The Balaban J connectivity index is 2.68. The van der Waals surface area contributed by atoms with Gasteiger partial charge in [-0.2, -0.15) is 4.68 Å². The van der Waals surface area contributed by atoms with Gasteiger partial charge in [0.25, 0.3) is 0 Å². The number of hydrogen-bond acceptors (Lipinski definition) is 3. The molecule has 0 saturated carbocycles. The number of H-pyrrole nitrogens is 1. The fourth-order valence-corrected chi connectivity index (χ4v) is 2.69. The molecule has 0 aliphatic carbocycles. The summed E-state index contributed by atoms with van der Waals surface area (Å²) < 4.78 is 2.15. The first kappa shape index (κ1) is 10.6. The molecule has 1 aromatic heterocycles. The molecule has 0 atom stereocenters. The van der Waals surface area contributed by atoms with Gasteiger partial charge in [-0.15, -0.1) is 0 Å². The van der Waals surface area contributed by atoms with Crippen LogP contribution >= 0.6 is 31.9 Å². The van der Waals surface area contributed by atoms with Gasteiger partial charge in [0, 0.05) is 15.4 Å². The average molecular weight is 334 g/mol. The minimum absolute atomic E-state index is 0.352. The van der Waals surface area contributed by atoms with Crippen molar-refractivity contribution in [3.05, 3.63) is 38.7 Å². The number of tetrazole rings is 1. The van der Waals surface area contributed by atoms with Gasteiger partial charge < -0.3 is 0 Å². The van der Waals surface area contributed by atoms with E-state index in [1.165, 1.54) is 4.68 Å². The summed E-state index contributed by atoms with van der Waals surface area (Å²) in [5, 5.41) is 10.0. The summed E-state index contributed by atoms with van der Waals surface area (Å²) in [5.74, 6) is 0. The molecule has 0 unspecified atom stereocenters. The highest BCUT2D eigenvalue weighted by Crippen LogP contribution is 2.24. The van der Waals surface area contributed by atoms with E-state index in [9.17, 15) is 4.79 Å². The maximum atomic E-state index is 11.4. The lowest BCUT2D eigenvalue weighted by atomic mass is 10.2. The van der Waals surface area contributed by atoms with Gasteiger partial charge in [-0.1, -0.05) is 37.9 Å². The molecule has 2 rings (SSSR count). The maximum absolute atomic E-state index is 11.4. The third-order valence-corrected chi connectivity index (χ3v) is 3.23. The first-order valence-corrected chi connectivity index (χ1v) is 5.99. The zero-order valence-electron chi connectivity index (χ0n) is 7.44. The fourth-order valence-electron chi connectivity index (χ4n) is 1.23. The summed E-state index contributed by atoms with van der Waals surface area (Å²) in [4.78, 5) is 11.4. The molecule has 0 spiro atoms. The van der Waals surface area contributed by atoms with E-state index in [1.54, 1.807) is 0 Å². The van der Waals surface area contributed by atoms with E-state index in [2.05, 4.69) is 47.4 Å². The molecule has 1 aromatic carbocycles. The molecule has 5 nitrogen and oxygen atoms in total. The number of nitrogens with zero attached hydrogens (tertiary/aromatic N) is 3. The van der Waals surface area contributed by atoms with Crippen molar-refractivity contribution < 1.29 is 0 Å². The normalized spacial score (nSPS) is 10.5. The van der Waals surface area contributed by atoms with Crippen LogP contribution in [0.4, 0.5) is 0 Å². The molecule has 2 aromatic rings. The Hall–Kier alpha value is -0.950.